The predicted molar refractivity (Wildman–Crippen MR) is 121 cm³/mol. The average Bonchev–Trinajstić information content (AvgIpc) is 3.12. The van der Waals surface area contributed by atoms with Crippen LogP contribution in [0.1, 0.15) is 17.7 Å². The van der Waals surface area contributed by atoms with E-state index in [0.29, 0.717) is 33.8 Å². The van der Waals surface area contributed by atoms with Gasteiger partial charge in [0.25, 0.3) is 11.1 Å². The largest absolute Gasteiger partial charge is 0.431 e. The van der Waals surface area contributed by atoms with Gasteiger partial charge < -0.3 is 4.74 Å². The van der Waals surface area contributed by atoms with Crippen molar-refractivity contribution in [2.24, 2.45) is 5.92 Å². The fourth-order valence-corrected chi connectivity index (χ4v) is 5.87. The lowest BCUT2D eigenvalue weighted by molar-refractivity contribution is 0.101. The van der Waals surface area contributed by atoms with Gasteiger partial charge in [-0.2, -0.15) is 23.9 Å². The Morgan fingerprint density at radius 3 is 2.62 bits per heavy atom. The zero-order valence-electron chi connectivity index (χ0n) is 17.6. The van der Waals surface area contributed by atoms with Crippen LogP contribution in [0.2, 0.25) is 0 Å². The summed E-state index contributed by atoms with van der Waals surface area (Å²) in [6, 6.07) is 13.6. The van der Waals surface area contributed by atoms with Crippen LogP contribution in [-0.2, 0) is 10.2 Å². The lowest BCUT2D eigenvalue weighted by atomic mass is 9.99. The molecule has 1 fully saturated rings. The Balaban J connectivity index is 1.51. The highest BCUT2D eigenvalue weighted by Gasteiger charge is 2.59. The zero-order valence-corrected chi connectivity index (χ0v) is 19.2. The Labute approximate surface area is 198 Å². The molecule has 2 aliphatic rings. The van der Waals surface area contributed by atoms with Crippen molar-refractivity contribution < 1.29 is 21.9 Å². The number of thiazole rings is 1. The Kier molecular flexibility index (Phi) is 4.97. The van der Waals surface area contributed by atoms with E-state index in [2.05, 4.69) is 11.1 Å². The molecule has 0 spiro atoms. The molecule has 1 unspecified atom stereocenters. The van der Waals surface area contributed by atoms with Crippen LogP contribution in [0.25, 0.3) is 11.1 Å². The third-order valence-electron chi connectivity index (χ3n) is 5.78. The highest BCUT2D eigenvalue weighted by Crippen LogP contribution is 2.52. The Morgan fingerprint density at radius 2 is 1.97 bits per heavy atom. The van der Waals surface area contributed by atoms with E-state index < -0.39 is 22.0 Å². The number of aromatic nitrogens is 1. The molecule has 0 amide bonds. The van der Waals surface area contributed by atoms with Crippen molar-refractivity contribution in [1.29, 1.82) is 10.5 Å². The molecular formula is C22H15F2N5O3S2. The van der Waals surface area contributed by atoms with E-state index >= 15 is 0 Å². The molecule has 2 heterocycles. The van der Waals surface area contributed by atoms with E-state index in [9.17, 15) is 22.5 Å². The fraction of sp³-hybridized carbons (Fsp3) is 0.227. The van der Waals surface area contributed by atoms with Crippen LogP contribution < -0.4 is 13.3 Å². The minimum atomic E-state index is -3.98. The molecule has 0 N–H and O–H groups in total. The quantitative estimate of drug-likeness (QED) is 0.511. The number of nitriles is 2. The first-order valence-electron chi connectivity index (χ1n) is 10.0. The summed E-state index contributed by atoms with van der Waals surface area (Å²) in [6.45, 7) is -0.294. The van der Waals surface area contributed by atoms with Crippen LogP contribution in [0.5, 0.6) is 10.9 Å². The molecular weight excluding hydrogens is 484 g/mol. The summed E-state index contributed by atoms with van der Waals surface area (Å²) in [6.07, 6.45) is -0.330. The number of nitrogens with zero attached hydrogens (tertiary/aromatic N) is 5. The summed E-state index contributed by atoms with van der Waals surface area (Å²) in [7, 11) is -2.62. The molecule has 1 aliphatic heterocycles. The summed E-state index contributed by atoms with van der Waals surface area (Å²) < 4.78 is 60.5. The van der Waals surface area contributed by atoms with Crippen molar-refractivity contribution in [3.8, 4) is 34.2 Å². The standard InChI is InChI=1S/C22H15F2N5O3S2/c1-28-20-6-13(3-5-19(20)29(34(28,30)31)11-15-8-22(15,23)24)18-7-17(4-2-14(18)9-25)32-21-27-16(10-26)12-33-21/h2-7,12,15H,8,11H2,1H3. The van der Waals surface area contributed by atoms with Crippen molar-refractivity contribution >= 4 is 32.9 Å². The van der Waals surface area contributed by atoms with Gasteiger partial charge in [0.15, 0.2) is 5.69 Å². The van der Waals surface area contributed by atoms with Gasteiger partial charge in [-0.05, 0) is 35.9 Å². The first kappa shape index (κ1) is 22.1. The average molecular weight is 500 g/mol. The number of halogens is 2. The van der Waals surface area contributed by atoms with E-state index in [0.717, 1.165) is 19.9 Å². The molecule has 1 saturated carbocycles. The third kappa shape index (κ3) is 3.61. The minimum absolute atomic E-state index is 0.227. The molecule has 2 aromatic carbocycles. The third-order valence-corrected chi connectivity index (χ3v) is 8.28. The number of alkyl halides is 2. The van der Waals surface area contributed by atoms with Gasteiger partial charge in [0.1, 0.15) is 11.8 Å². The van der Waals surface area contributed by atoms with E-state index in [1.807, 2.05) is 6.07 Å². The number of hydrogen-bond donors (Lipinski definition) is 0. The molecule has 3 aromatic rings. The summed E-state index contributed by atoms with van der Waals surface area (Å²) in [5.41, 5.74) is 2.26. The van der Waals surface area contributed by atoms with Gasteiger partial charge in [-0.1, -0.05) is 17.4 Å². The molecule has 0 saturated heterocycles. The van der Waals surface area contributed by atoms with Crippen LogP contribution in [-0.4, -0.2) is 32.9 Å². The first-order chi connectivity index (χ1) is 16.1. The zero-order chi connectivity index (χ0) is 24.3. The van der Waals surface area contributed by atoms with Gasteiger partial charge in [-0.25, -0.2) is 8.78 Å². The molecule has 1 atom stereocenters. The Morgan fingerprint density at radius 1 is 1.21 bits per heavy atom. The van der Waals surface area contributed by atoms with E-state index in [4.69, 9.17) is 10.00 Å². The highest BCUT2D eigenvalue weighted by molar-refractivity contribution is 7.94. The van der Waals surface area contributed by atoms with Crippen LogP contribution in [0.15, 0.2) is 41.8 Å². The molecule has 8 nitrogen and oxygen atoms in total. The van der Waals surface area contributed by atoms with Crippen molar-refractivity contribution in [2.45, 2.75) is 12.3 Å². The summed E-state index contributed by atoms with van der Waals surface area (Å²) in [5.74, 6) is -3.47. The van der Waals surface area contributed by atoms with E-state index in [1.54, 1.807) is 41.8 Å². The second kappa shape index (κ2) is 7.65. The van der Waals surface area contributed by atoms with Crippen LogP contribution in [0, 0.1) is 28.6 Å². The van der Waals surface area contributed by atoms with Gasteiger partial charge in [-0.15, -0.1) is 0 Å². The van der Waals surface area contributed by atoms with Crippen molar-refractivity contribution in [3.05, 3.63) is 53.0 Å². The minimum Gasteiger partial charge on any atom is -0.431 e. The lowest BCUT2D eigenvalue weighted by Gasteiger charge is -2.18. The Bertz CT molecular complexity index is 1510. The molecule has 12 heteroatoms. The van der Waals surface area contributed by atoms with Crippen molar-refractivity contribution in [1.82, 2.24) is 4.98 Å². The number of fused-ring (bicyclic) bond motifs is 1. The van der Waals surface area contributed by atoms with Crippen LogP contribution in [0.4, 0.5) is 20.2 Å². The van der Waals surface area contributed by atoms with Gasteiger partial charge in [0, 0.05) is 36.9 Å². The fourth-order valence-electron chi connectivity index (χ4n) is 3.79. The maximum atomic E-state index is 13.5. The molecule has 172 valence electrons. The van der Waals surface area contributed by atoms with E-state index in [-0.39, 0.29) is 23.9 Å². The molecule has 5 rings (SSSR count). The van der Waals surface area contributed by atoms with E-state index in [1.165, 1.54) is 7.05 Å². The molecule has 1 aromatic heterocycles. The highest BCUT2D eigenvalue weighted by atomic mass is 32.2. The second-order valence-electron chi connectivity index (χ2n) is 7.90. The maximum absolute atomic E-state index is 13.5. The van der Waals surface area contributed by atoms with Crippen molar-refractivity contribution in [3.63, 3.8) is 0 Å². The number of benzene rings is 2. The summed E-state index contributed by atoms with van der Waals surface area (Å²) >= 11 is 1.15. The Hall–Kier alpha value is -3.74. The first-order valence-corrected chi connectivity index (χ1v) is 12.3. The van der Waals surface area contributed by atoms with Crippen molar-refractivity contribution in [2.75, 3.05) is 22.2 Å². The number of ether oxygens (including phenoxy) is 1. The van der Waals surface area contributed by atoms with Crippen LogP contribution >= 0.6 is 11.3 Å². The topological polar surface area (TPSA) is 110 Å². The smallest absolute Gasteiger partial charge is 0.326 e. The SMILES string of the molecule is CN1c2cc(-c3cc(Oc4nc(C#N)cs4)ccc3C#N)ccc2N(CC2CC2(F)F)S1(=O)=O. The lowest BCUT2D eigenvalue weighted by Crippen LogP contribution is -2.37. The number of rotatable bonds is 5. The number of anilines is 2. The van der Waals surface area contributed by atoms with Gasteiger partial charge in [0.05, 0.1) is 23.0 Å². The van der Waals surface area contributed by atoms with Gasteiger partial charge in [-0.3, -0.25) is 8.61 Å². The molecule has 0 bridgehead atoms. The normalized spacial score (nSPS) is 19.3. The summed E-state index contributed by atoms with van der Waals surface area (Å²) in [5, 5.41) is 20.3. The molecule has 34 heavy (non-hydrogen) atoms. The predicted octanol–water partition coefficient (Wildman–Crippen LogP) is 4.50. The van der Waals surface area contributed by atoms with Gasteiger partial charge >= 0.3 is 10.2 Å². The van der Waals surface area contributed by atoms with Crippen LogP contribution in [0.3, 0.4) is 0 Å². The number of hydrogen-bond acceptors (Lipinski definition) is 7. The monoisotopic (exact) mass is 499 g/mol. The summed E-state index contributed by atoms with van der Waals surface area (Å²) in [4.78, 5) is 4.03. The maximum Gasteiger partial charge on any atom is 0.326 e. The van der Waals surface area contributed by atoms with Gasteiger partial charge in [0.2, 0.25) is 0 Å². The molecule has 0 radical (unpaired) electrons. The second-order valence-corrected chi connectivity index (χ2v) is 10.6. The molecule has 1 aliphatic carbocycles.